The Morgan fingerprint density at radius 2 is 1.82 bits per heavy atom. The van der Waals surface area contributed by atoms with Crippen molar-refractivity contribution in [3.63, 3.8) is 0 Å². The molecule has 6 nitrogen and oxygen atoms in total. The zero-order valence-corrected chi connectivity index (χ0v) is 12.8. The minimum Gasteiger partial charge on any atom is -0.378 e. The summed E-state index contributed by atoms with van der Waals surface area (Å²) >= 11 is 0. The quantitative estimate of drug-likeness (QED) is 0.929. The van der Waals surface area contributed by atoms with E-state index in [1.807, 2.05) is 12.1 Å². The van der Waals surface area contributed by atoms with E-state index in [4.69, 9.17) is 4.74 Å². The second-order valence-corrected chi connectivity index (χ2v) is 6.62. The van der Waals surface area contributed by atoms with Crippen molar-refractivity contribution in [2.24, 2.45) is 0 Å². The first-order valence-corrected chi connectivity index (χ1v) is 8.49. The van der Waals surface area contributed by atoms with Gasteiger partial charge < -0.3 is 9.64 Å². The number of pyridine rings is 1. The van der Waals surface area contributed by atoms with Crippen LogP contribution in [0.5, 0.6) is 0 Å². The summed E-state index contributed by atoms with van der Waals surface area (Å²) in [4.78, 5) is 6.19. The number of anilines is 2. The first-order chi connectivity index (χ1) is 10.6. The fourth-order valence-corrected chi connectivity index (χ4v) is 3.30. The number of rotatable bonds is 4. The average Bonchev–Trinajstić information content (AvgIpc) is 2.57. The second-order valence-electron chi connectivity index (χ2n) is 4.94. The smallest absolute Gasteiger partial charge is 0.263 e. The average molecular weight is 319 g/mol. The number of aromatic nitrogens is 1. The molecule has 0 aliphatic carbocycles. The summed E-state index contributed by atoms with van der Waals surface area (Å²) in [5.41, 5.74) is 1.59. The Balaban J connectivity index is 1.73. The third kappa shape index (κ3) is 3.37. The maximum Gasteiger partial charge on any atom is 0.263 e. The molecule has 7 heteroatoms. The molecule has 0 atom stereocenters. The second kappa shape index (κ2) is 6.33. The van der Waals surface area contributed by atoms with Crippen LogP contribution in [0.3, 0.4) is 0 Å². The van der Waals surface area contributed by atoms with Gasteiger partial charge in [0.1, 0.15) is 4.90 Å². The van der Waals surface area contributed by atoms with Gasteiger partial charge in [-0.2, -0.15) is 0 Å². The third-order valence-electron chi connectivity index (χ3n) is 3.44. The molecule has 0 radical (unpaired) electrons. The van der Waals surface area contributed by atoms with Crippen LogP contribution in [0.2, 0.25) is 0 Å². The molecule has 1 aliphatic rings. The summed E-state index contributed by atoms with van der Waals surface area (Å²) in [5.74, 6) is 0. The molecule has 0 saturated carbocycles. The Labute approximate surface area is 129 Å². The molecule has 0 bridgehead atoms. The van der Waals surface area contributed by atoms with Gasteiger partial charge in [-0.3, -0.25) is 9.71 Å². The predicted octanol–water partition coefficient (Wildman–Crippen LogP) is 1.72. The Morgan fingerprint density at radius 1 is 1.09 bits per heavy atom. The number of hydrogen-bond donors (Lipinski definition) is 1. The molecule has 3 rings (SSSR count). The van der Waals surface area contributed by atoms with Crippen LogP contribution in [0, 0.1) is 0 Å². The molecule has 1 fully saturated rings. The van der Waals surface area contributed by atoms with Crippen molar-refractivity contribution in [3.8, 4) is 0 Å². The Kier molecular flexibility index (Phi) is 4.26. The van der Waals surface area contributed by atoms with E-state index in [-0.39, 0.29) is 4.90 Å². The summed E-state index contributed by atoms with van der Waals surface area (Å²) in [5, 5.41) is 0. The van der Waals surface area contributed by atoms with Crippen molar-refractivity contribution in [1.29, 1.82) is 0 Å². The van der Waals surface area contributed by atoms with E-state index in [0.717, 1.165) is 32.0 Å². The van der Waals surface area contributed by atoms with E-state index in [1.54, 1.807) is 18.2 Å². The zero-order chi connectivity index (χ0) is 15.4. The zero-order valence-electron chi connectivity index (χ0n) is 12.0. The van der Waals surface area contributed by atoms with Gasteiger partial charge in [-0.1, -0.05) is 0 Å². The molecule has 1 aromatic carbocycles. The molecule has 1 aliphatic heterocycles. The van der Waals surface area contributed by atoms with Crippen molar-refractivity contribution in [2.45, 2.75) is 4.90 Å². The van der Waals surface area contributed by atoms with Crippen LogP contribution in [-0.4, -0.2) is 39.7 Å². The predicted molar refractivity (Wildman–Crippen MR) is 84.5 cm³/mol. The monoisotopic (exact) mass is 319 g/mol. The van der Waals surface area contributed by atoms with E-state index in [9.17, 15) is 8.42 Å². The molecule has 0 spiro atoms. The van der Waals surface area contributed by atoms with Gasteiger partial charge in [0.25, 0.3) is 10.0 Å². The van der Waals surface area contributed by atoms with Crippen LogP contribution in [0.25, 0.3) is 0 Å². The molecule has 116 valence electrons. The van der Waals surface area contributed by atoms with Gasteiger partial charge in [0, 0.05) is 36.9 Å². The van der Waals surface area contributed by atoms with E-state index in [2.05, 4.69) is 14.6 Å². The van der Waals surface area contributed by atoms with Crippen LogP contribution in [0.1, 0.15) is 0 Å². The Bertz CT molecular complexity index is 711. The van der Waals surface area contributed by atoms with Crippen LogP contribution in [0.4, 0.5) is 11.4 Å². The normalized spacial score (nSPS) is 15.5. The van der Waals surface area contributed by atoms with Gasteiger partial charge >= 0.3 is 0 Å². The molecule has 2 aromatic rings. The highest BCUT2D eigenvalue weighted by Gasteiger charge is 2.15. The summed E-state index contributed by atoms with van der Waals surface area (Å²) in [6.45, 7) is 3.13. The van der Waals surface area contributed by atoms with Gasteiger partial charge in [0.2, 0.25) is 0 Å². The lowest BCUT2D eigenvalue weighted by Crippen LogP contribution is -2.36. The number of benzene rings is 1. The fraction of sp³-hybridized carbons (Fsp3) is 0.267. The van der Waals surface area contributed by atoms with Crippen LogP contribution in [0.15, 0.2) is 53.7 Å². The van der Waals surface area contributed by atoms with Gasteiger partial charge in [-0.15, -0.1) is 0 Å². The lowest BCUT2D eigenvalue weighted by Gasteiger charge is -2.28. The lowest BCUT2D eigenvalue weighted by molar-refractivity contribution is 0.122. The van der Waals surface area contributed by atoms with Gasteiger partial charge in [0.15, 0.2) is 0 Å². The summed E-state index contributed by atoms with van der Waals surface area (Å²) in [6, 6.07) is 10.4. The number of sulfonamides is 1. The van der Waals surface area contributed by atoms with Gasteiger partial charge in [-0.05, 0) is 36.4 Å². The number of nitrogens with one attached hydrogen (secondary N) is 1. The minimum atomic E-state index is -3.60. The van der Waals surface area contributed by atoms with E-state index >= 15 is 0 Å². The molecule has 0 amide bonds. The number of nitrogens with zero attached hydrogens (tertiary/aromatic N) is 2. The highest BCUT2D eigenvalue weighted by Crippen LogP contribution is 2.21. The van der Waals surface area contributed by atoms with E-state index in [0.29, 0.717) is 5.69 Å². The number of ether oxygens (including phenoxy) is 1. The lowest BCUT2D eigenvalue weighted by atomic mass is 10.2. The first-order valence-electron chi connectivity index (χ1n) is 7.01. The molecular weight excluding hydrogens is 302 g/mol. The fourth-order valence-electron chi connectivity index (χ4n) is 2.28. The molecular formula is C15H17N3O3S. The Morgan fingerprint density at radius 3 is 2.45 bits per heavy atom. The van der Waals surface area contributed by atoms with Crippen molar-refractivity contribution in [2.75, 3.05) is 35.9 Å². The van der Waals surface area contributed by atoms with Crippen LogP contribution >= 0.6 is 0 Å². The highest BCUT2D eigenvalue weighted by molar-refractivity contribution is 7.92. The largest absolute Gasteiger partial charge is 0.378 e. The third-order valence-corrected chi connectivity index (χ3v) is 4.81. The van der Waals surface area contributed by atoms with Crippen molar-refractivity contribution in [1.82, 2.24) is 4.98 Å². The molecule has 1 N–H and O–H groups in total. The topological polar surface area (TPSA) is 71.5 Å². The highest BCUT2D eigenvalue weighted by atomic mass is 32.2. The minimum absolute atomic E-state index is 0.146. The van der Waals surface area contributed by atoms with Crippen molar-refractivity contribution >= 4 is 21.4 Å². The summed E-state index contributed by atoms with van der Waals surface area (Å²) in [7, 11) is -3.60. The number of morpholine rings is 1. The number of hydrogen-bond acceptors (Lipinski definition) is 5. The van der Waals surface area contributed by atoms with E-state index in [1.165, 1.54) is 18.5 Å². The maximum atomic E-state index is 12.2. The van der Waals surface area contributed by atoms with E-state index < -0.39 is 10.0 Å². The van der Waals surface area contributed by atoms with Gasteiger partial charge in [0.05, 0.1) is 13.2 Å². The molecule has 2 heterocycles. The molecule has 1 aromatic heterocycles. The van der Waals surface area contributed by atoms with Gasteiger partial charge in [-0.25, -0.2) is 8.42 Å². The summed E-state index contributed by atoms with van der Waals surface area (Å²) in [6.07, 6.45) is 2.86. The van der Waals surface area contributed by atoms with Crippen LogP contribution < -0.4 is 9.62 Å². The molecule has 0 unspecified atom stereocenters. The summed E-state index contributed by atoms with van der Waals surface area (Å²) < 4.78 is 32.3. The van der Waals surface area contributed by atoms with Crippen LogP contribution in [-0.2, 0) is 14.8 Å². The first kappa shape index (κ1) is 14.8. The van der Waals surface area contributed by atoms with Crippen molar-refractivity contribution < 1.29 is 13.2 Å². The maximum absolute atomic E-state index is 12.2. The SMILES string of the molecule is O=S(=O)(Nc1ccc(N2CCOCC2)cc1)c1cccnc1. The van der Waals surface area contributed by atoms with Crippen molar-refractivity contribution in [3.05, 3.63) is 48.8 Å². The standard InChI is InChI=1S/C15H17N3O3S/c19-22(20,15-2-1-7-16-12-15)17-13-3-5-14(6-4-13)18-8-10-21-11-9-18/h1-7,12,17H,8-11H2. The molecule has 22 heavy (non-hydrogen) atoms. The Hall–Kier alpha value is -2.12. The molecule has 1 saturated heterocycles.